The molecule has 0 amide bonds. The molecule has 0 fully saturated rings. The average molecular weight is 271 g/mol. The lowest BCUT2D eigenvalue weighted by Gasteiger charge is -2.27. The molecule has 0 radical (unpaired) electrons. The van der Waals surface area contributed by atoms with Gasteiger partial charge in [-0.15, -0.1) is 0 Å². The highest BCUT2D eigenvalue weighted by Crippen LogP contribution is 2.32. The smallest absolute Gasteiger partial charge is 0.306 e. The highest BCUT2D eigenvalue weighted by Gasteiger charge is 2.27. The molecule has 19 heavy (non-hydrogen) atoms. The number of benzene rings is 1. The summed E-state index contributed by atoms with van der Waals surface area (Å²) in [6.45, 7) is 3.70. The molecule has 1 aromatic rings. The van der Waals surface area contributed by atoms with Gasteiger partial charge in [0.15, 0.2) is 0 Å². The summed E-state index contributed by atoms with van der Waals surface area (Å²) in [4.78, 5) is 11.3. The predicted octanol–water partition coefficient (Wildman–Crippen LogP) is 2.94. The van der Waals surface area contributed by atoms with Crippen molar-refractivity contribution in [2.75, 3.05) is 7.11 Å². The number of esters is 1. The van der Waals surface area contributed by atoms with Crippen LogP contribution in [0, 0.1) is 17.0 Å². The van der Waals surface area contributed by atoms with Crippen LogP contribution in [0.3, 0.4) is 0 Å². The van der Waals surface area contributed by atoms with Gasteiger partial charge in [-0.3, -0.25) is 4.79 Å². The van der Waals surface area contributed by atoms with Gasteiger partial charge in [0.25, 0.3) is 0 Å². The third kappa shape index (κ3) is 4.59. The van der Waals surface area contributed by atoms with Gasteiger partial charge in [0.05, 0.1) is 13.5 Å². The maximum absolute atomic E-state index is 13.6. The minimum Gasteiger partial charge on any atom is -0.469 e. The lowest BCUT2D eigenvalue weighted by Crippen LogP contribution is -2.25. The van der Waals surface area contributed by atoms with Crippen LogP contribution in [0.2, 0.25) is 0 Å². The van der Waals surface area contributed by atoms with Gasteiger partial charge in [0.2, 0.25) is 0 Å². The van der Waals surface area contributed by atoms with E-state index in [4.69, 9.17) is 5.73 Å². The number of hydrogen-bond acceptors (Lipinski definition) is 3. The second-order valence-corrected chi connectivity index (χ2v) is 5.39. The molecule has 2 N–H and O–H groups in total. The second kappa shape index (κ2) is 6.10. The molecular formula is C14H19F2NO2. The Morgan fingerprint density at radius 3 is 2.58 bits per heavy atom. The number of hydrogen-bond donors (Lipinski definition) is 1. The summed E-state index contributed by atoms with van der Waals surface area (Å²) in [5.41, 5.74) is 5.76. The molecule has 5 heteroatoms. The fraction of sp³-hybridized carbons (Fsp3) is 0.500. The number of ether oxygens (including phenoxy) is 1. The molecule has 0 aliphatic heterocycles. The first-order chi connectivity index (χ1) is 8.75. The summed E-state index contributed by atoms with van der Waals surface area (Å²) in [6.07, 6.45) is 0.588. The normalized spacial score (nSPS) is 13.2. The van der Waals surface area contributed by atoms with Crippen molar-refractivity contribution in [3.8, 4) is 0 Å². The van der Waals surface area contributed by atoms with Gasteiger partial charge in [0.1, 0.15) is 11.6 Å². The number of halogens is 2. The third-order valence-corrected chi connectivity index (χ3v) is 2.99. The van der Waals surface area contributed by atoms with Crippen LogP contribution in [0.5, 0.6) is 0 Å². The molecule has 0 heterocycles. The molecule has 1 rings (SSSR count). The first-order valence-electron chi connectivity index (χ1n) is 6.02. The van der Waals surface area contributed by atoms with Crippen LogP contribution in [-0.4, -0.2) is 13.1 Å². The van der Waals surface area contributed by atoms with E-state index < -0.39 is 23.1 Å². The Morgan fingerprint density at radius 2 is 2.05 bits per heavy atom. The van der Waals surface area contributed by atoms with Gasteiger partial charge in [-0.05, 0) is 17.9 Å². The summed E-state index contributed by atoms with van der Waals surface area (Å²) in [6, 6.07) is 2.72. The summed E-state index contributed by atoms with van der Waals surface area (Å²) >= 11 is 0. The zero-order valence-corrected chi connectivity index (χ0v) is 11.4. The molecule has 0 bridgehead atoms. The number of rotatable bonds is 5. The molecule has 3 nitrogen and oxygen atoms in total. The van der Waals surface area contributed by atoms with Crippen molar-refractivity contribution >= 4 is 5.97 Å². The topological polar surface area (TPSA) is 52.3 Å². The minimum atomic E-state index is -0.665. The molecular weight excluding hydrogens is 252 g/mol. The second-order valence-electron chi connectivity index (χ2n) is 5.39. The molecule has 0 aliphatic rings. The Morgan fingerprint density at radius 1 is 1.42 bits per heavy atom. The van der Waals surface area contributed by atoms with E-state index in [-0.39, 0.29) is 18.0 Å². The van der Waals surface area contributed by atoms with Crippen LogP contribution in [-0.2, 0) is 9.53 Å². The Hall–Kier alpha value is -1.49. The van der Waals surface area contributed by atoms with E-state index in [1.54, 1.807) is 0 Å². The van der Waals surface area contributed by atoms with E-state index in [0.717, 1.165) is 6.07 Å². The first-order valence-corrected chi connectivity index (χ1v) is 6.02. The van der Waals surface area contributed by atoms with E-state index in [9.17, 15) is 13.6 Å². The van der Waals surface area contributed by atoms with E-state index in [1.165, 1.54) is 19.2 Å². The van der Waals surface area contributed by atoms with Crippen molar-refractivity contribution in [1.29, 1.82) is 0 Å². The van der Waals surface area contributed by atoms with Crippen molar-refractivity contribution in [2.45, 2.75) is 32.7 Å². The van der Waals surface area contributed by atoms with Gasteiger partial charge in [0, 0.05) is 17.7 Å². The maximum Gasteiger partial charge on any atom is 0.306 e. The summed E-state index contributed by atoms with van der Waals surface area (Å²) in [5.74, 6) is -1.64. The molecule has 1 unspecified atom stereocenters. The quantitative estimate of drug-likeness (QED) is 0.838. The fourth-order valence-electron chi connectivity index (χ4n) is 2.04. The highest BCUT2D eigenvalue weighted by molar-refractivity contribution is 5.69. The standard InChI is InChI=1S/C14H19F2NO2/c1-14(2,8-13(18)19-3)7-12(17)10-5-4-9(15)6-11(10)16/h4-6,12H,7-8,17H2,1-3H3. The van der Waals surface area contributed by atoms with E-state index in [2.05, 4.69) is 4.74 Å². The first kappa shape index (κ1) is 15.6. The van der Waals surface area contributed by atoms with Gasteiger partial charge in [-0.2, -0.15) is 0 Å². The van der Waals surface area contributed by atoms with Gasteiger partial charge in [-0.25, -0.2) is 8.78 Å². The number of methoxy groups -OCH3 is 1. The van der Waals surface area contributed by atoms with Gasteiger partial charge < -0.3 is 10.5 Å². The lowest BCUT2D eigenvalue weighted by atomic mass is 9.81. The van der Waals surface area contributed by atoms with Crippen LogP contribution in [0.4, 0.5) is 8.78 Å². The van der Waals surface area contributed by atoms with Crippen LogP contribution < -0.4 is 5.73 Å². The monoisotopic (exact) mass is 271 g/mol. The van der Waals surface area contributed by atoms with Crippen LogP contribution in [0.25, 0.3) is 0 Å². The molecule has 0 aliphatic carbocycles. The molecule has 0 saturated carbocycles. The Bertz CT molecular complexity index is 461. The zero-order valence-electron chi connectivity index (χ0n) is 11.4. The lowest BCUT2D eigenvalue weighted by molar-refractivity contribution is -0.143. The molecule has 106 valence electrons. The number of carbonyl (C=O) groups is 1. The molecule has 0 aromatic heterocycles. The van der Waals surface area contributed by atoms with Crippen molar-refractivity contribution in [3.63, 3.8) is 0 Å². The Kier molecular flexibility index (Phi) is 5.00. The van der Waals surface area contributed by atoms with Crippen LogP contribution in [0.15, 0.2) is 18.2 Å². The predicted molar refractivity (Wildman–Crippen MR) is 68.3 cm³/mol. The fourth-order valence-corrected chi connectivity index (χ4v) is 2.04. The van der Waals surface area contributed by atoms with Gasteiger partial charge in [-0.1, -0.05) is 19.9 Å². The SMILES string of the molecule is COC(=O)CC(C)(C)CC(N)c1ccc(F)cc1F. The van der Waals surface area contributed by atoms with E-state index in [0.29, 0.717) is 6.42 Å². The van der Waals surface area contributed by atoms with Crippen molar-refractivity contribution in [1.82, 2.24) is 0 Å². The van der Waals surface area contributed by atoms with Crippen molar-refractivity contribution in [2.24, 2.45) is 11.1 Å². The highest BCUT2D eigenvalue weighted by atomic mass is 19.1. The summed E-state index contributed by atoms with van der Waals surface area (Å²) < 4.78 is 31.0. The largest absolute Gasteiger partial charge is 0.469 e. The van der Waals surface area contributed by atoms with E-state index in [1.807, 2.05) is 13.8 Å². The summed E-state index contributed by atoms with van der Waals surface area (Å²) in [7, 11) is 1.32. The van der Waals surface area contributed by atoms with Crippen molar-refractivity contribution < 1.29 is 18.3 Å². The Labute approximate surface area is 111 Å². The number of nitrogens with two attached hydrogens (primary N) is 1. The summed E-state index contributed by atoms with van der Waals surface area (Å²) in [5, 5.41) is 0. The van der Waals surface area contributed by atoms with Gasteiger partial charge >= 0.3 is 5.97 Å². The maximum atomic E-state index is 13.6. The molecule has 0 saturated heterocycles. The molecule has 1 atom stereocenters. The minimum absolute atomic E-state index is 0.194. The van der Waals surface area contributed by atoms with Crippen LogP contribution in [0.1, 0.15) is 38.3 Å². The van der Waals surface area contributed by atoms with E-state index >= 15 is 0 Å². The number of carbonyl (C=O) groups excluding carboxylic acids is 1. The Balaban J connectivity index is 2.78. The third-order valence-electron chi connectivity index (χ3n) is 2.99. The van der Waals surface area contributed by atoms with Crippen LogP contribution >= 0.6 is 0 Å². The zero-order chi connectivity index (χ0) is 14.6. The van der Waals surface area contributed by atoms with Crippen molar-refractivity contribution in [3.05, 3.63) is 35.4 Å². The molecule has 1 aromatic carbocycles. The molecule has 0 spiro atoms. The average Bonchev–Trinajstić information content (AvgIpc) is 2.26.